The molecule has 0 unspecified atom stereocenters. The molecule has 0 spiro atoms. The first-order valence-electron chi connectivity index (χ1n) is 7.01. The van der Waals surface area contributed by atoms with Crippen molar-refractivity contribution in [2.75, 3.05) is 26.0 Å². The number of aromatic nitrogens is 3. The van der Waals surface area contributed by atoms with Crippen molar-refractivity contribution in [1.29, 1.82) is 0 Å². The van der Waals surface area contributed by atoms with Gasteiger partial charge in [0, 0.05) is 41.7 Å². The van der Waals surface area contributed by atoms with Gasteiger partial charge < -0.3 is 15.2 Å². The number of rotatable bonds is 5. The van der Waals surface area contributed by atoms with Crippen LogP contribution in [0.15, 0.2) is 42.9 Å². The number of nitrogens with zero attached hydrogens (tertiary/aromatic N) is 3. The number of benzene rings is 1. The van der Waals surface area contributed by atoms with Crippen LogP contribution in [0.5, 0.6) is 0 Å². The summed E-state index contributed by atoms with van der Waals surface area (Å²) in [7, 11) is 4.18. The second kappa shape index (κ2) is 5.93. The molecular weight excluding hydrogens is 262 g/mol. The quantitative estimate of drug-likeness (QED) is 0.755. The van der Waals surface area contributed by atoms with Crippen LogP contribution in [0.2, 0.25) is 0 Å². The molecule has 0 aliphatic rings. The summed E-state index contributed by atoms with van der Waals surface area (Å²) >= 11 is 0. The monoisotopic (exact) mass is 281 g/mol. The lowest BCUT2D eigenvalue weighted by Crippen LogP contribution is -2.14. The molecule has 1 aromatic carbocycles. The van der Waals surface area contributed by atoms with Crippen LogP contribution in [0.4, 0.5) is 11.6 Å². The summed E-state index contributed by atoms with van der Waals surface area (Å²) in [4.78, 5) is 13.9. The molecule has 0 aliphatic heterocycles. The first-order chi connectivity index (χ1) is 10.2. The average molecular weight is 281 g/mol. The molecule has 3 rings (SSSR count). The zero-order chi connectivity index (χ0) is 14.7. The van der Waals surface area contributed by atoms with Crippen LogP contribution >= 0.6 is 0 Å². The Kier molecular flexibility index (Phi) is 3.83. The fraction of sp³-hybridized carbons (Fsp3) is 0.250. The predicted octanol–water partition coefficient (Wildman–Crippen LogP) is 2.81. The first kappa shape index (κ1) is 13.6. The maximum Gasteiger partial charge on any atom is 0.227 e. The summed E-state index contributed by atoms with van der Waals surface area (Å²) in [5.41, 5.74) is 3.49. The van der Waals surface area contributed by atoms with Crippen molar-refractivity contribution < 1.29 is 0 Å². The molecule has 0 saturated carbocycles. The highest BCUT2D eigenvalue weighted by atomic mass is 15.1. The predicted molar refractivity (Wildman–Crippen MR) is 85.9 cm³/mol. The molecule has 0 bridgehead atoms. The SMILES string of the molecule is CN(C)CCc1c[nH]c2ccc(Nc3ncccn3)cc12. The van der Waals surface area contributed by atoms with E-state index in [1.54, 1.807) is 18.5 Å². The second-order valence-corrected chi connectivity index (χ2v) is 5.32. The second-order valence-electron chi connectivity index (χ2n) is 5.32. The summed E-state index contributed by atoms with van der Waals surface area (Å²) in [6.07, 6.45) is 6.58. The number of likely N-dealkylation sites (N-methyl/N-ethyl adjacent to an activating group) is 1. The lowest BCUT2D eigenvalue weighted by Gasteiger charge is -2.09. The Bertz CT molecular complexity index is 718. The Balaban J connectivity index is 1.86. The van der Waals surface area contributed by atoms with Gasteiger partial charge in [-0.3, -0.25) is 0 Å². The summed E-state index contributed by atoms with van der Waals surface area (Å²) < 4.78 is 0. The van der Waals surface area contributed by atoms with Crippen molar-refractivity contribution in [2.24, 2.45) is 0 Å². The summed E-state index contributed by atoms with van der Waals surface area (Å²) in [5, 5.41) is 4.48. The van der Waals surface area contributed by atoms with Crippen LogP contribution < -0.4 is 5.32 Å². The van der Waals surface area contributed by atoms with Crippen molar-refractivity contribution in [2.45, 2.75) is 6.42 Å². The van der Waals surface area contributed by atoms with E-state index in [1.165, 1.54) is 10.9 Å². The standard InChI is InChI=1S/C16H19N5/c1-21(2)9-6-12-11-19-15-5-4-13(10-14(12)15)20-16-17-7-3-8-18-16/h3-5,7-8,10-11,19H,6,9H2,1-2H3,(H,17,18,20). The van der Waals surface area contributed by atoms with Gasteiger partial charge in [-0.1, -0.05) is 0 Å². The van der Waals surface area contributed by atoms with Crippen LogP contribution in [0.3, 0.4) is 0 Å². The maximum atomic E-state index is 4.19. The van der Waals surface area contributed by atoms with Gasteiger partial charge in [-0.2, -0.15) is 0 Å². The molecule has 0 fully saturated rings. The van der Waals surface area contributed by atoms with E-state index in [4.69, 9.17) is 0 Å². The maximum absolute atomic E-state index is 4.19. The van der Waals surface area contributed by atoms with Gasteiger partial charge in [-0.15, -0.1) is 0 Å². The van der Waals surface area contributed by atoms with Gasteiger partial charge in [0.05, 0.1) is 0 Å². The number of nitrogens with one attached hydrogen (secondary N) is 2. The van der Waals surface area contributed by atoms with Crippen LogP contribution in [-0.4, -0.2) is 40.5 Å². The molecule has 21 heavy (non-hydrogen) atoms. The van der Waals surface area contributed by atoms with E-state index in [2.05, 4.69) is 57.6 Å². The number of hydrogen-bond donors (Lipinski definition) is 2. The number of anilines is 2. The molecular formula is C16H19N5. The minimum atomic E-state index is 0.613. The van der Waals surface area contributed by atoms with E-state index in [1.807, 2.05) is 6.07 Å². The van der Waals surface area contributed by atoms with Gasteiger partial charge in [-0.25, -0.2) is 9.97 Å². The molecule has 2 aromatic heterocycles. The van der Waals surface area contributed by atoms with Gasteiger partial charge in [0.25, 0.3) is 0 Å². The lowest BCUT2D eigenvalue weighted by molar-refractivity contribution is 0.414. The average Bonchev–Trinajstić information content (AvgIpc) is 2.88. The van der Waals surface area contributed by atoms with E-state index in [9.17, 15) is 0 Å². The Hall–Kier alpha value is -2.40. The molecule has 0 radical (unpaired) electrons. The Morgan fingerprint density at radius 1 is 1.19 bits per heavy atom. The van der Waals surface area contributed by atoms with E-state index >= 15 is 0 Å². The molecule has 2 heterocycles. The third kappa shape index (κ3) is 3.20. The van der Waals surface area contributed by atoms with Crippen LogP contribution in [-0.2, 0) is 6.42 Å². The number of H-pyrrole nitrogens is 1. The summed E-state index contributed by atoms with van der Waals surface area (Å²) in [6, 6.07) is 8.07. The van der Waals surface area contributed by atoms with Crippen molar-refractivity contribution in [3.63, 3.8) is 0 Å². The first-order valence-corrected chi connectivity index (χ1v) is 7.01. The zero-order valence-electron chi connectivity index (χ0n) is 12.3. The van der Waals surface area contributed by atoms with Crippen molar-refractivity contribution in [3.05, 3.63) is 48.4 Å². The summed E-state index contributed by atoms with van der Waals surface area (Å²) in [5.74, 6) is 0.613. The van der Waals surface area contributed by atoms with Crippen LogP contribution in [0.1, 0.15) is 5.56 Å². The van der Waals surface area contributed by atoms with Crippen molar-refractivity contribution in [1.82, 2.24) is 19.9 Å². The van der Waals surface area contributed by atoms with Crippen LogP contribution in [0, 0.1) is 0 Å². The lowest BCUT2D eigenvalue weighted by atomic mass is 10.1. The van der Waals surface area contributed by atoms with Crippen molar-refractivity contribution in [3.8, 4) is 0 Å². The van der Waals surface area contributed by atoms with E-state index in [0.29, 0.717) is 5.95 Å². The Morgan fingerprint density at radius 3 is 2.76 bits per heavy atom. The highest BCUT2D eigenvalue weighted by Crippen LogP contribution is 2.24. The molecule has 108 valence electrons. The minimum absolute atomic E-state index is 0.613. The van der Waals surface area contributed by atoms with Gasteiger partial charge >= 0.3 is 0 Å². The number of hydrogen-bond acceptors (Lipinski definition) is 4. The Morgan fingerprint density at radius 2 is 2.00 bits per heavy atom. The molecule has 5 heteroatoms. The molecule has 0 aliphatic carbocycles. The highest BCUT2D eigenvalue weighted by Gasteiger charge is 2.06. The van der Waals surface area contributed by atoms with Gasteiger partial charge in [0.2, 0.25) is 5.95 Å². The number of aromatic amines is 1. The third-order valence-electron chi connectivity index (χ3n) is 3.42. The fourth-order valence-electron chi connectivity index (χ4n) is 2.30. The Labute approximate surface area is 124 Å². The third-order valence-corrected chi connectivity index (χ3v) is 3.42. The largest absolute Gasteiger partial charge is 0.361 e. The van der Waals surface area contributed by atoms with E-state index in [0.717, 1.165) is 24.2 Å². The minimum Gasteiger partial charge on any atom is -0.361 e. The molecule has 5 nitrogen and oxygen atoms in total. The molecule has 0 saturated heterocycles. The van der Waals surface area contributed by atoms with Crippen LogP contribution in [0.25, 0.3) is 10.9 Å². The van der Waals surface area contributed by atoms with E-state index < -0.39 is 0 Å². The molecule has 3 aromatic rings. The zero-order valence-corrected chi connectivity index (χ0v) is 12.3. The molecule has 0 atom stereocenters. The molecule has 0 amide bonds. The highest BCUT2D eigenvalue weighted by molar-refractivity contribution is 5.87. The smallest absolute Gasteiger partial charge is 0.227 e. The van der Waals surface area contributed by atoms with Gasteiger partial charge in [-0.05, 0) is 50.3 Å². The topological polar surface area (TPSA) is 56.8 Å². The normalized spacial score (nSPS) is 11.2. The molecule has 2 N–H and O–H groups in total. The van der Waals surface area contributed by atoms with Gasteiger partial charge in [0.15, 0.2) is 0 Å². The number of fused-ring (bicyclic) bond motifs is 1. The van der Waals surface area contributed by atoms with Crippen molar-refractivity contribution >= 4 is 22.5 Å². The van der Waals surface area contributed by atoms with Gasteiger partial charge in [0.1, 0.15) is 0 Å². The fourth-order valence-corrected chi connectivity index (χ4v) is 2.30. The summed E-state index contributed by atoms with van der Waals surface area (Å²) in [6.45, 7) is 1.03. The van der Waals surface area contributed by atoms with E-state index in [-0.39, 0.29) is 0 Å².